The van der Waals surface area contributed by atoms with E-state index in [0.717, 1.165) is 42.2 Å². The fraction of sp³-hybridized carbons (Fsp3) is 0. The first-order chi connectivity index (χ1) is 34.9. The van der Waals surface area contributed by atoms with E-state index in [1.54, 1.807) is 18.2 Å². The minimum atomic E-state index is -0.698. The van der Waals surface area contributed by atoms with Gasteiger partial charge in [-0.2, -0.15) is 15.0 Å². The van der Waals surface area contributed by atoms with Crippen molar-refractivity contribution >= 4 is 65.4 Å². The van der Waals surface area contributed by atoms with Gasteiger partial charge >= 0.3 is 0 Å². The Balaban J connectivity index is 1.20. The first-order valence-corrected chi connectivity index (χ1v) is 17.9. The Morgan fingerprint density at radius 2 is 0.754 bits per heavy atom. The molecule has 0 aliphatic heterocycles. The van der Waals surface area contributed by atoms with E-state index in [1.807, 2.05) is 54.6 Å². The van der Waals surface area contributed by atoms with Crippen molar-refractivity contribution < 1.29 is 21.9 Å². The zero-order chi connectivity index (χ0) is 51.4. The van der Waals surface area contributed by atoms with E-state index < -0.39 is 109 Å². The minimum Gasteiger partial charge on any atom is -0.309 e. The third kappa shape index (κ3) is 4.81. The Hall–Kier alpha value is -7.83. The zero-order valence-electron chi connectivity index (χ0n) is 45.4. The van der Waals surface area contributed by atoms with Gasteiger partial charge in [0.1, 0.15) is 0 Å². The van der Waals surface area contributed by atoms with E-state index in [1.165, 1.54) is 0 Å². The predicted molar refractivity (Wildman–Crippen MR) is 234 cm³/mol. The number of nitrogens with zero attached hydrogens (tertiary/aromatic N) is 6. The van der Waals surface area contributed by atoms with Gasteiger partial charge in [0.25, 0.3) is 0 Å². The second kappa shape index (κ2) is 12.3. The van der Waals surface area contributed by atoms with E-state index in [-0.39, 0.29) is 49.4 Å². The summed E-state index contributed by atoms with van der Waals surface area (Å²) >= 11 is 0. The van der Waals surface area contributed by atoms with Gasteiger partial charge in [-0.25, -0.2) is 0 Å². The molecule has 0 radical (unpaired) electrons. The second-order valence-corrected chi connectivity index (χ2v) is 13.3. The van der Waals surface area contributed by atoms with Crippen LogP contribution in [0.2, 0.25) is 0 Å². The maximum absolute atomic E-state index is 9.22. The molecular formula is C51H32N6. The van der Waals surface area contributed by atoms with E-state index in [9.17, 15) is 5.48 Å². The number of hydrogen-bond acceptors (Lipinski definition) is 3. The van der Waals surface area contributed by atoms with Crippen molar-refractivity contribution in [3.63, 3.8) is 0 Å². The van der Waals surface area contributed by atoms with Crippen molar-refractivity contribution in [2.75, 3.05) is 0 Å². The maximum Gasteiger partial charge on any atom is 0.240 e. The highest BCUT2D eigenvalue weighted by Gasteiger charge is 2.21. The van der Waals surface area contributed by atoms with Crippen LogP contribution in [0.1, 0.15) is 21.9 Å². The van der Waals surface area contributed by atoms with Gasteiger partial charge in [0.15, 0.2) is 5.82 Å². The predicted octanol–water partition coefficient (Wildman–Crippen LogP) is 12.5. The average Bonchev–Trinajstić information content (AvgIpc) is 4.08. The van der Waals surface area contributed by atoms with Crippen LogP contribution in [0.3, 0.4) is 0 Å². The van der Waals surface area contributed by atoms with Gasteiger partial charge in [0, 0.05) is 43.6 Å². The molecule has 6 nitrogen and oxygen atoms in total. The van der Waals surface area contributed by atoms with E-state index in [2.05, 4.69) is 28.8 Å². The molecule has 57 heavy (non-hydrogen) atoms. The molecule has 0 amide bonds. The molecular weight excluding hydrogens is 697 g/mol. The number of hydrogen-bond donors (Lipinski definition) is 0. The highest BCUT2D eigenvalue weighted by Crippen LogP contribution is 2.36. The third-order valence-corrected chi connectivity index (χ3v) is 10.2. The molecule has 4 aromatic heterocycles. The molecule has 0 aliphatic carbocycles. The summed E-state index contributed by atoms with van der Waals surface area (Å²) < 4.78 is 147. The summed E-state index contributed by atoms with van der Waals surface area (Å²) in [5, 5.41) is 1.11. The summed E-state index contributed by atoms with van der Waals surface area (Å²) in [6.07, 6.45) is 0. The fourth-order valence-corrected chi connectivity index (χ4v) is 7.79. The van der Waals surface area contributed by atoms with E-state index in [0.29, 0.717) is 11.1 Å². The molecule has 0 fully saturated rings. The number of rotatable bonds is 5. The quantitative estimate of drug-likeness (QED) is 0.176. The Kier molecular flexibility index (Phi) is 4.26. The first kappa shape index (κ1) is 19.7. The van der Waals surface area contributed by atoms with Gasteiger partial charge in [-0.1, -0.05) is 139 Å². The zero-order valence-corrected chi connectivity index (χ0v) is 29.4. The Morgan fingerprint density at radius 1 is 0.333 bits per heavy atom. The Morgan fingerprint density at radius 3 is 1.26 bits per heavy atom. The lowest BCUT2D eigenvalue weighted by Crippen LogP contribution is -2.10. The molecule has 0 saturated carbocycles. The van der Waals surface area contributed by atoms with Crippen LogP contribution in [0.25, 0.3) is 106 Å². The van der Waals surface area contributed by atoms with Gasteiger partial charge in [-0.15, -0.1) is 0 Å². The van der Waals surface area contributed by atoms with Crippen LogP contribution in [0.4, 0.5) is 0 Å². The lowest BCUT2D eigenvalue weighted by molar-refractivity contribution is 0.893. The smallest absolute Gasteiger partial charge is 0.240 e. The lowest BCUT2D eigenvalue weighted by atomic mass is 10.0. The van der Waals surface area contributed by atoms with Gasteiger partial charge in [0.05, 0.1) is 55.0 Å². The van der Waals surface area contributed by atoms with Gasteiger partial charge in [-0.3, -0.25) is 9.13 Å². The Bertz CT molecular complexity index is 4100. The maximum atomic E-state index is 9.22. The molecule has 0 N–H and O–H groups in total. The van der Waals surface area contributed by atoms with Crippen molar-refractivity contribution in [2.45, 2.75) is 0 Å². The highest BCUT2D eigenvalue weighted by molar-refractivity contribution is 6.11. The van der Waals surface area contributed by atoms with Crippen LogP contribution < -0.4 is 0 Å². The number of aromatic nitrogens is 6. The third-order valence-electron chi connectivity index (χ3n) is 10.2. The summed E-state index contributed by atoms with van der Waals surface area (Å²) in [4.78, 5) is 14.6. The van der Waals surface area contributed by atoms with Crippen LogP contribution in [0, 0.1) is 0 Å². The fourth-order valence-electron chi connectivity index (χ4n) is 7.79. The largest absolute Gasteiger partial charge is 0.309 e. The molecule has 0 saturated heterocycles. The van der Waals surface area contributed by atoms with Crippen LogP contribution in [-0.4, -0.2) is 28.7 Å². The van der Waals surface area contributed by atoms with Crippen LogP contribution in [-0.2, 0) is 0 Å². The second-order valence-electron chi connectivity index (χ2n) is 13.3. The topological polar surface area (TPSA) is 53.5 Å². The van der Waals surface area contributed by atoms with E-state index in [4.69, 9.17) is 31.4 Å². The first-order valence-electron chi connectivity index (χ1n) is 25.9. The molecule has 6 heteroatoms. The SMILES string of the molecule is [2H]c1c([2H])c([2H])c2c(c1[2H])c1c([2H])c([2H])c([2H])c([2H])c1n2-c1nc(-c2cccc(-c3cccc(-n4c5ccccc5c5ccccc54)c3)c2)nc(-n2c3c([2H])c([2H])c([2H])c([2H])c3c3c([2H])c([2H])c([2H])c([2H])c32)n1. The summed E-state index contributed by atoms with van der Waals surface area (Å²) in [7, 11) is 0. The molecule has 0 aliphatic rings. The van der Waals surface area contributed by atoms with Crippen LogP contribution in [0.5, 0.6) is 0 Å². The normalized spacial score (nSPS) is 15.8. The van der Waals surface area contributed by atoms with Gasteiger partial charge in [-0.05, 0) is 65.6 Å². The molecule has 266 valence electrons. The van der Waals surface area contributed by atoms with Crippen molar-refractivity contribution in [3.8, 4) is 40.1 Å². The minimum absolute atomic E-state index is 0.145. The van der Waals surface area contributed by atoms with Crippen molar-refractivity contribution in [1.82, 2.24) is 28.7 Å². The van der Waals surface area contributed by atoms with Crippen LogP contribution >= 0.6 is 0 Å². The average molecular weight is 745 g/mol. The Labute approximate surface area is 349 Å². The molecule has 12 rings (SSSR count). The van der Waals surface area contributed by atoms with Crippen molar-refractivity contribution in [2.24, 2.45) is 0 Å². The van der Waals surface area contributed by atoms with Crippen LogP contribution in [0.15, 0.2) is 194 Å². The monoisotopic (exact) mass is 744 g/mol. The molecule has 0 spiro atoms. The summed E-state index contributed by atoms with van der Waals surface area (Å²) in [6.45, 7) is 0. The molecule has 12 aromatic rings. The number of para-hydroxylation sites is 6. The molecule has 8 aromatic carbocycles. The van der Waals surface area contributed by atoms with Crippen molar-refractivity contribution in [3.05, 3.63) is 194 Å². The van der Waals surface area contributed by atoms with Gasteiger partial charge in [0.2, 0.25) is 11.9 Å². The summed E-state index contributed by atoms with van der Waals surface area (Å²) in [6, 6.07) is 20.7. The molecule has 0 unspecified atom stereocenters. The highest BCUT2D eigenvalue weighted by atomic mass is 15.3. The molecule has 0 atom stereocenters. The van der Waals surface area contributed by atoms with E-state index >= 15 is 0 Å². The number of benzene rings is 8. The standard InChI is InChI=1S/C51H32N6/c1-7-25-43-37(19-1)38-20-2-8-26-44(38)55(43)36-18-14-16-34(32-36)33-15-13-17-35(31-33)49-52-50(56-45-27-9-3-21-39(45)40-22-4-10-28-46(40)56)54-51(53-49)57-47-29-11-5-23-41(47)42-24-6-12-30-48(42)57/h1-32H/i3D,4D,5D,6D,9D,10D,11D,12D,21D,22D,23D,24D,27D,28D,29D,30D. The number of fused-ring (bicyclic) bond motifs is 9. The van der Waals surface area contributed by atoms with Crippen molar-refractivity contribution in [1.29, 1.82) is 0 Å². The van der Waals surface area contributed by atoms with Gasteiger partial charge < -0.3 is 4.57 Å². The molecule has 0 bridgehead atoms. The lowest BCUT2D eigenvalue weighted by Gasteiger charge is -2.13. The molecule has 4 heterocycles. The summed E-state index contributed by atoms with van der Waals surface area (Å²) in [5.74, 6) is -1.08. The summed E-state index contributed by atoms with van der Waals surface area (Å²) in [5.41, 5.74) is 3.36.